The van der Waals surface area contributed by atoms with Gasteiger partial charge in [-0.2, -0.15) is 5.21 Å². The van der Waals surface area contributed by atoms with E-state index in [4.69, 9.17) is 4.42 Å². The first-order valence-corrected chi connectivity index (χ1v) is 4.42. The molecule has 0 spiro atoms. The highest BCUT2D eigenvalue weighted by Crippen LogP contribution is 2.15. The Balaban J connectivity index is 1.83. The minimum absolute atomic E-state index is 0.267. The highest BCUT2D eigenvalue weighted by Gasteiger charge is 2.11. The molecule has 0 radical (unpaired) electrons. The van der Waals surface area contributed by atoms with Crippen LogP contribution in [-0.4, -0.2) is 25.5 Å². The Bertz CT molecular complexity index is 464. The summed E-state index contributed by atoms with van der Waals surface area (Å²) in [5, 5.41) is 26.5. The molecule has 0 aromatic carbocycles. The molecule has 0 unspecified atom stereocenters. The third-order valence-electron chi connectivity index (χ3n) is 1.80. The summed E-state index contributed by atoms with van der Waals surface area (Å²) in [6.07, 6.45) is 0. The number of aromatic amines is 1. The van der Waals surface area contributed by atoms with Crippen LogP contribution < -0.4 is 5.32 Å². The number of hydrogen-bond acceptors (Lipinski definition) is 7. The maximum absolute atomic E-state index is 10.3. The quantitative estimate of drug-likeness (QED) is 0.540. The van der Waals surface area contributed by atoms with Gasteiger partial charge in [0.25, 0.3) is 0 Å². The van der Waals surface area contributed by atoms with Crippen molar-refractivity contribution >= 4 is 5.88 Å². The molecule has 0 atom stereocenters. The molecule has 0 saturated heterocycles. The van der Waals surface area contributed by atoms with E-state index in [0.29, 0.717) is 24.7 Å². The number of hydrogen-bond donors (Lipinski definition) is 2. The summed E-state index contributed by atoms with van der Waals surface area (Å²) < 4.78 is 4.94. The fourth-order valence-corrected chi connectivity index (χ4v) is 1.11. The molecule has 2 N–H and O–H groups in total. The number of aromatic nitrogens is 4. The van der Waals surface area contributed by atoms with Gasteiger partial charge in [-0.1, -0.05) is 5.21 Å². The lowest BCUT2D eigenvalue weighted by Gasteiger charge is -1.96. The summed E-state index contributed by atoms with van der Waals surface area (Å²) in [5.41, 5.74) is 0. The van der Waals surface area contributed by atoms with Crippen molar-refractivity contribution < 1.29 is 9.34 Å². The molecule has 16 heavy (non-hydrogen) atoms. The predicted molar refractivity (Wildman–Crippen MR) is 50.1 cm³/mol. The summed E-state index contributed by atoms with van der Waals surface area (Å²) in [4.78, 5) is 9.75. The highest BCUT2D eigenvalue weighted by molar-refractivity contribution is 5.17. The lowest BCUT2D eigenvalue weighted by Crippen LogP contribution is -2.13. The molecule has 2 aromatic rings. The number of rotatable bonds is 5. The number of tetrazole rings is 1. The van der Waals surface area contributed by atoms with E-state index < -0.39 is 4.92 Å². The summed E-state index contributed by atoms with van der Waals surface area (Å²) in [7, 11) is 0. The van der Waals surface area contributed by atoms with Crippen molar-refractivity contribution in [3.05, 3.63) is 33.8 Å². The topological polar surface area (TPSA) is 123 Å². The molecule has 0 saturated carbocycles. The second kappa shape index (κ2) is 4.49. The number of nitrogens with one attached hydrogen (secondary N) is 2. The molecule has 2 heterocycles. The van der Waals surface area contributed by atoms with Gasteiger partial charge in [0.2, 0.25) is 0 Å². The summed E-state index contributed by atoms with van der Waals surface area (Å²) in [6, 6.07) is 2.85. The van der Waals surface area contributed by atoms with E-state index in [2.05, 4.69) is 25.9 Å². The van der Waals surface area contributed by atoms with Crippen molar-refractivity contribution in [1.29, 1.82) is 0 Å². The van der Waals surface area contributed by atoms with Gasteiger partial charge in [-0.15, -0.1) is 10.2 Å². The Labute approximate surface area is 89.0 Å². The lowest BCUT2D eigenvalue weighted by atomic mass is 10.4. The molecule has 0 aliphatic rings. The SMILES string of the molecule is O=[N+]([O-])c1ccc(CNCc2nn[nH]n2)o1. The van der Waals surface area contributed by atoms with Crippen LogP contribution >= 0.6 is 0 Å². The van der Waals surface area contributed by atoms with Crippen LogP contribution in [-0.2, 0) is 13.1 Å². The van der Waals surface area contributed by atoms with Crippen LogP contribution in [0.4, 0.5) is 5.88 Å². The fraction of sp³-hybridized carbons (Fsp3) is 0.286. The summed E-state index contributed by atoms with van der Waals surface area (Å²) in [5.74, 6) is 0.729. The highest BCUT2D eigenvalue weighted by atomic mass is 16.6. The van der Waals surface area contributed by atoms with Gasteiger partial charge in [-0.3, -0.25) is 10.1 Å². The molecule has 2 rings (SSSR count). The third-order valence-corrected chi connectivity index (χ3v) is 1.80. The van der Waals surface area contributed by atoms with Crippen LogP contribution in [0.1, 0.15) is 11.6 Å². The number of H-pyrrole nitrogens is 1. The smallest absolute Gasteiger partial charge is 0.404 e. The monoisotopic (exact) mass is 224 g/mol. The Morgan fingerprint density at radius 1 is 1.50 bits per heavy atom. The Hall–Kier alpha value is -2.29. The second-order valence-electron chi connectivity index (χ2n) is 2.93. The van der Waals surface area contributed by atoms with Crippen LogP contribution in [0.15, 0.2) is 16.5 Å². The van der Waals surface area contributed by atoms with Crippen molar-refractivity contribution in [2.75, 3.05) is 0 Å². The van der Waals surface area contributed by atoms with Crippen molar-refractivity contribution in [2.24, 2.45) is 0 Å². The average molecular weight is 224 g/mol. The van der Waals surface area contributed by atoms with E-state index in [9.17, 15) is 10.1 Å². The van der Waals surface area contributed by atoms with Crippen molar-refractivity contribution in [3.63, 3.8) is 0 Å². The van der Waals surface area contributed by atoms with Crippen LogP contribution in [0.5, 0.6) is 0 Å². The van der Waals surface area contributed by atoms with Crippen LogP contribution in [0, 0.1) is 10.1 Å². The minimum atomic E-state index is -0.581. The largest absolute Gasteiger partial charge is 0.433 e. The van der Waals surface area contributed by atoms with E-state index in [1.807, 2.05) is 0 Å². The first-order valence-electron chi connectivity index (χ1n) is 4.42. The number of nitro groups is 1. The predicted octanol–water partition coefficient (Wildman–Crippen LogP) is -0.00930. The normalized spacial score (nSPS) is 10.5. The molecule has 0 aliphatic carbocycles. The third kappa shape index (κ3) is 2.39. The van der Waals surface area contributed by atoms with Gasteiger partial charge in [0.15, 0.2) is 5.82 Å². The van der Waals surface area contributed by atoms with Crippen molar-refractivity contribution in [2.45, 2.75) is 13.1 Å². The van der Waals surface area contributed by atoms with Gasteiger partial charge in [-0.25, -0.2) is 0 Å². The molecule has 9 nitrogen and oxygen atoms in total. The summed E-state index contributed by atoms with van der Waals surface area (Å²) >= 11 is 0. The maximum atomic E-state index is 10.3. The van der Waals surface area contributed by atoms with E-state index in [0.717, 1.165) is 0 Å². The van der Waals surface area contributed by atoms with E-state index in [-0.39, 0.29) is 5.88 Å². The molecular formula is C7H8N6O3. The molecule has 0 fully saturated rings. The van der Waals surface area contributed by atoms with Crippen LogP contribution in [0.2, 0.25) is 0 Å². The maximum Gasteiger partial charge on any atom is 0.433 e. The molecular weight excluding hydrogens is 216 g/mol. The first-order chi connectivity index (χ1) is 7.75. The van der Waals surface area contributed by atoms with Gasteiger partial charge in [0.1, 0.15) is 10.7 Å². The van der Waals surface area contributed by atoms with Gasteiger partial charge < -0.3 is 9.73 Å². The summed E-state index contributed by atoms with van der Waals surface area (Å²) in [6.45, 7) is 0.771. The second-order valence-corrected chi connectivity index (χ2v) is 2.93. The Morgan fingerprint density at radius 2 is 2.38 bits per heavy atom. The van der Waals surface area contributed by atoms with Gasteiger partial charge in [0, 0.05) is 0 Å². The van der Waals surface area contributed by atoms with E-state index in [1.54, 1.807) is 6.07 Å². The van der Waals surface area contributed by atoms with Crippen molar-refractivity contribution in [3.8, 4) is 0 Å². The molecule has 0 bridgehead atoms. The first kappa shape index (κ1) is 10.2. The average Bonchev–Trinajstić information content (AvgIpc) is 2.87. The molecule has 84 valence electrons. The van der Waals surface area contributed by atoms with Gasteiger partial charge in [-0.05, 0) is 6.07 Å². The minimum Gasteiger partial charge on any atom is -0.404 e. The van der Waals surface area contributed by atoms with Crippen molar-refractivity contribution in [1.82, 2.24) is 25.9 Å². The van der Waals surface area contributed by atoms with E-state index >= 15 is 0 Å². The molecule has 2 aromatic heterocycles. The van der Waals surface area contributed by atoms with Gasteiger partial charge in [0.05, 0.1) is 19.2 Å². The fourth-order valence-electron chi connectivity index (χ4n) is 1.11. The Morgan fingerprint density at radius 3 is 3.00 bits per heavy atom. The number of furan rings is 1. The van der Waals surface area contributed by atoms with Crippen LogP contribution in [0.25, 0.3) is 0 Å². The molecule has 0 amide bonds. The number of nitrogens with zero attached hydrogens (tertiary/aromatic N) is 4. The lowest BCUT2D eigenvalue weighted by molar-refractivity contribution is -0.402. The zero-order chi connectivity index (χ0) is 11.4. The molecule has 0 aliphatic heterocycles. The standard InChI is InChI=1S/C7H8N6O3/c14-13(15)7-2-1-5(16-7)3-8-4-6-9-11-12-10-6/h1-2,8H,3-4H2,(H,9,10,11,12). The van der Waals surface area contributed by atoms with Gasteiger partial charge >= 0.3 is 5.88 Å². The van der Waals surface area contributed by atoms with Crippen LogP contribution in [0.3, 0.4) is 0 Å². The zero-order valence-electron chi connectivity index (χ0n) is 8.08. The molecule has 9 heteroatoms. The zero-order valence-corrected chi connectivity index (χ0v) is 8.08. The van der Waals surface area contributed by atoms with E-state index in [1.165, 1.54) is 6.07 Å². The Kier molecular flexibility index (Phi) is 2.87.